The number of methoxy groups -OCH3 is 2. The first kappa shape index (κ1) is 14.7. The van der Waals surface area contributed by atoms with Gasteiger partial charge in [0.15, 0.2) is 11.5 Å². The highest BCUT2D eigenvalue weighted by Gasteiger charge is 2.48. The fourth-order valence-electron chi connectivity index (χ4n) is 2.38. The zero-order valence-corrected chi connectivity index (χ0v) is 13.0. The van der Waals surface area contributed by atoms with E-state index in [1.807, 2.05) is 13.8 Å². The van der Waals surface area contributed by atoms with E-state index in [4.69, 9.17) is 23.4 Å². The highest BCUT2D eigenvalue weighted by atomic mass is 16.6. The van der Waals surface area contributed by atoms with Gasteiger partial charge in [0.2, 0.25) is 5.75 Å². The van der Waals surface area contributed by atoms with E-state index < -0.39 is 5.63 Å². The second-order valence-corrected chi connectivity index (χ2v) is 5.63. The first-order valence-electron chi connectivity index (χ1n) is 6.95. The lowest BCUT2D eigenvalue weighted by Crippen LogP contribution is -2.13. The third-order valence-corrected chi connectivity index (χ3v) is 3.76. The van der Waals surface area contributed by atoms with Crippen molar-refractivity contribution < 1.29 is 23.4 Å². The van der Waals surface area contributed by atoms with Crippen LogP contribution in [0.15, 0.2) is 27.4 Å². The van der Waals surface area contributed by atoms with Crippen LogP contribution >= 0.6 is 0 Å². The van der Waals surface area contributed by atoms with Crippen LogP contribution in [-0.2, 0) is 4.74 Å². The molecule has 0 aliphatic carbocycles. The maximum absolute atomic E-state index is 11.4. The molecule has 1 saturated heterocycles. The minimum Gasteiger partial charge on any atom is -0.492 e. The maximum atomic E-state index is 11.4. The van der Waals surface area contributed by atoms with Crippen molar-refractivity contribution in [2.24, 2.45) is 0 Å². The summed E-state index contributed by atoms with van der Waals surface area (Å²) in [5.74, 6) is 1.38. The number of ether oxygens (including phenoxy) is 4. The Kier molecular flexibility index (Phi) is 3.48. The average molecular weight is 306 g/mol. The summed E-state index contributed by atoms with van der Waals surface area (Å²) >= 11 is 0. The van der Waals surface area contributed by atoms with Crippen molar-refractivity contribution >= 4 is 11.0 Å². The van der Waals surface area contributed by atoms with Crippen LogP contribution in [0.25, 0.3) is 11.0 Å². The Bertz CT molecular complexity index is 761. The Balaban J connectivity index is 2.02. The molecule has 0 bridgehead atoms. The molecule has 1 aromatic heterocycles. The van der Waals surface area contributed by atoms with Crippen molar-refractivity contribution in [3.8, 4) is 17.2 Å². The maximum Gasteiger partial charge on any atom is 0.336 e. The van der Waals surface area contributed by atoms with Crippen LogP contribution in [0.4, 0.5) is 0 Å². The molecule has 2 heterocycles. The monoisotopic (exact) mass is 306 g/mol. The highest BCUT2D eigenvalue weighted by molar-refractivity contribution is 5.88. The molecule has 0 saturated carbocycles. The molecule has 1 aliphatic rings. The molecule has 1 unspecified atom stereocenters. The Morgan fingerprint density at radius 3 is 2.45 bits per heavy atom. The summed E-state index contributed by atoms with van der Waals surface area (Å²) in [4.78, 5) is 11.4. The van der Waals surface area contributed by atoms with E-state index in [1.165, 1.54) is 20.3 Å². The predicted octanol–water partition coefficient (Wildman–Crippen LogP) is 2.37. The quantitative estimate of drug-likeness (QED) is 0.624. The van der Waals surface area contributed by atoms with Crippen molar-refractivity contribution in [2.45, 2.75) is 25.6 Å². The molecule has 118 valence electrons. The Morgan fingerprint density at radius 2 is 1.86 bits per heavy atom. The van der Waals surface area contributed by atoms with Crippen LogP contribution in [0.2, 0.25) is 0 Å². The minimum absolute atomic E-state index is 0.0293. The largest absolute Gasteiger partial charge is 0.492 e. The van der Waals surface area contributed by atoms with E-state index in [-0.39, 0.29) is 11.7 Å². The van der Waals surface area contributed by atoms with Gasteiger partial charge in [0.05, 0.1) is 25.2 Å². The molecule has 6 nitrogen and oxygen atoms in total. The van der Waals surface area contributed by atoms with Gasteiger partial charge in [-0.2, -0.15) is 0 Å². The Labute approximate surface area is 127 Å². The smallest absolute Gasteiger partial charge is 0.336 e. The van der Waals surface area contributed by atoms with Crippen molar-refractivity contribution in [3.63, 3.8) is 0 Å². The van der Waals surface area contributed by atoms with Crippen LogP contribution in [0.5, 0.6) is 17.2 Å². The Morgan fingerprint density at radius 1 is 1.18 bits per heavy atom. The normalized spacial score (nSPS) is 19.0. The number of epoxide rings is 1. The molecule has 0 N–H and O–H groups in total. The molecular weight excluding hydrogens is 288 g/mol. The molecule has 3 rings (SSSR count). The fourth-order valence-corrected chi connectivity index (χ4v) is 2.38. The van der Waals surface area contributed by atoms with Crippen LogP contribution in [0.3, 0.4) is 0 Å². The summed E-state index contributed by atoms with van der Waals surface area (Å²) in [6, 6.07) is 4.61. The Hall–Kier alpha value is -2.21. The fraction of sp³-hybridized carbons (Fsp3) is 0.438. The average Bonchev–Trinajstić information content (AvgIpc) is 3.10. The van der Waals surface area contributed by atoms with Gasteiger partial charge in [-0.15, -0.1) is 0 Å². The molecule has 1 fully saturated rings. The van der Waals surface area contributed by atoms with Crippen LogP contribution in [0.1, 0.15) is 13.8 Å². The van der Waals surface area contributed by atoms with E-state index in [0.717, 1.165) is 0 Å². The van der Waals surface area contributed by atoms with Gasteiger partial charge in [-0.05, 0) is 19.9 Å². The number of hydrogen-bond acceptors (Lipinski definition) is 6. The van der Waals surface area contributed by atoms with E-state index in [1.54, 1.807) is 12.1 Å². The van der Waals surface area contributed by atoms with Gasteiger partial charge >= 0.3 is 5.63 Å². The molecular formula is C16H18O6. The molecule has 1 atom stereocenters. The minimum atomic E-state index is -0.433. The predicted molar refractivity (Wildman–Crippen MR) is 80.0 cm³/mol. The summed E-state index contributed by atoms with van der Waals surface area (Å²) in [6.07, 6.45) is 0.0293. The van der Waals surface area contributed by atoms with Gasteiger partial charge in [-0.3, -0.25) is 0 Å². The SMILES string of the molecule is COc1c(OCC2OC2(C)C)cc2oc(=O)ccc2c1OC. The van der Waals surface area contributed by atoms with Gasteiger partial charge in [0, 0.05) is 12.1 Å². The van der Waals surface area contributed by atoms with Gasteiger partial charge in [0.1, 0.15) is 18.3 Å². The molecule has 2 aromatic rings. The summed E-state index contributed by atoms with van der Waals surface area (Å²) in [5, 5.41) is 0.648. The molecule has 0 radical (unpaired) electrons. The molecule has 1 aliphatic heterocycles. The third kappa shape index (κ3) is 2.50. The van der Waals surface area contributed by atoms with Crippen molar-refractivity contribution in [1.29, 1.82) is 0 Å². The lowest BCUT2D eigenvalue weighted by atomic mass is 10.1. The molecule has 6 heteroatoms. The van der Waals surface area contributed by atoms with Crippen molar-refractivity contribution in [1.82, 2.24) is 0 Å². The van der Waals surface area contributed by atoms with E-state index in [9.17, 15) is 4.79 Å². The number of rotatable bonds is 5. The second-order valence-electron chi connectivity index (χ2n) is 5.63. The lowest BCUT2D eigenvalue weighted by molar-refractivity contribution is 0.243. The summed E-state index contributed by atoms with van der Waals surface area (Å²) in [7, 11) is 3.06. The zero-order valence-electron chi connectivity index (χ0n) is 13.0. The summed E-state index contributed by atoms with van der Waals surface area (Å²) < 4.78 is 27.3. The van der Waals surface area contributed by atoms with Crippen LogP contribution < -0.4 is 19.8 Å². The lowest BCUT2D eigenvalue weighted by Gasteiger charge is -2.15. The van der Waals surface area contributed by atoms with E-state index in [2.05, 4.69) is 0 Å². The second kappa shape index (κ2) is 5.21. The third-order valence-electron chi connectivity index (χ3n) is 3.76. The zero-order chi connectivity index (χ0) is 15.9. The van der Waals surface area contributed by atoms with Crippen LogP contribution in [-0.4, -0.2) is 32.5 Å². The molecule has 22 heavy (non-hydrogen) atoms. The molecule has 0 spiro atoms. The molecule has 1 aromatic carbocycles. The van der Waals surface area contributed by atoms with Crippen molar-refractivity contribution in [3.05, 3.63) is 28.6 Å². The van der Waals surface area contributed by atoms with Crippen LogP contribution in [0, 0.1) is 0 Å². The van der Waals surface area contributed by atoms with Crippen molar-refractivity contribution in [2.75, 3.05) is 20.8 Å². The highest BCUT2D eigenvalue weighted by Crippen LogP contribution is 2.44. The number of fused-ring (bicyclic) bond motifs is 1. The van der Waals surface area contributed by atoms with E-state index in [0.29, 0.717) is 34.8 Å². The summed E-state index contributed by atoms with van der Waals surface area (Å²) in [6.45, 7) is 4.38. The molecule has 0 amide bonds. The first-order chi connectivity index (χ1) is 10.5. The van der Waals surface area contributed by atoms with Gasteiger partial charge in [-0.25, -0.2) is 4.79 Å². The van der Waals surface area contributed by atoms with Gasteiger partial charge < -0.3 is 23.4 Å². The van der Waals surface area contributed by atoms with Gasteiger partial charge in [0.25, 0.3) is 0 Å². The number of benzene rings is 1. The standard InChI is InChI=1S/C16H18O6/c1-16(2)12(22-16)8-20-11-7-10-9(5-6-13(17)21-10)14(18-3)15(11)19-4/h5-7,12H,8H2,1-4H3. The van der Waals surface area contributed by atoms with E-state index >= 15 is 0 Å². The number of hydrogen-bond donors (Lipinski definition) is 0. The topological polar surface area (TPSA) is 70.4 Å². The summed E-state index contributed by atoms with van der Waals surface area (Å²) in [5.41, 5.74) is -0.214. The first-order valence-corrected chi connectivity index (χ1v) is 6.95. The van der Waals surface area contributed by atoms with Gasteiger partial charge in [-0.1, -0.05) is 0 Å².